The molecular formula is C17H18N2O. The molecule has 0 aliphatic carbocycles. The van der Waals surface area contributed by atoms with E-state index in [1.807, 2.05) is 62.5 Å². The highest BCUT2D eigenvalue weighted by Gasteiger charge is 2.56. The van der Waals surface area contributed by atoms with Crippen LogP contribution in [0, 0.1) is 0 Å². The average Bonchev–Trinajstić information content (AvgIpc) is 2.49. The predicted octanol–water partition coefficient (Wildman–Crippen LogP) is 3.07. The van der Waals surface area contributed by atoms with E-state index in [1.54, 1.807) is 4.90 Å². The number of nitrogens with zero attached hydrogens (tertiary/aromatic N) is 1. The summed E-state index contributed by atoms with van der Waals surface area (Å²) >= 11 is 0. The van der Waals surface area contributed by atoms with Crippen molar-refractivity contribution in [1.82, 2.24) is 4.90 Å². The molecule has 2 atom stereocenters. The monoisotopic (exact) mass is 266 g/mol. The number of nitrogens with one attached hydrogen (secondary N) is 1. The van der Waals surface area contributed by atoms with Gasteiger partial charge in [0.25, 0.3) is 5.91 Å². The number of amides is 1. The van der Waals surface area contributed by atoms with Crippen molar-refractivity contribution < 1.29 is 4.79 Å². The standard InChI is InChI=1S/C17H18N2O/c1-17(18-14-11-7-4-8-12-14)15(19(2)16(17)20)13-9-5-3-6-10-13/h3-12,15,18H,1-2H3. The highest BCUT2D eigenvalue weighted by Crippen LogP contribution is 2.43. The highest BCUT2D eigenvalue weighted by atomic mass is 16.2. The third kappa shape index (κ3) is 1.86. The molecular weight excluding hydrogens is 248 g/mol. The first-order valence-corrected chi connectivity index (χ1v) is 6.78. The third-order valence-corrected chi connectivity index (χ3v) is 3.99. The van der Waals surface area contributed by atoms with Crippen LogP contribution >= 0.6 is 0 Å². The van der Waals surface area contributed by atoms with Gasteiger partial charge in [0.1, 0.15) is 5.54 Å². The Bertz CT molecular complexity index is 611. The lowest BCUT2D eigenvalue weighted by Gasteiger charge is -2.53. The number of hydrogen-bond acceptors (Lipinski definition) is 2. The van der Waals surface area contributed by atoms with E-state index in [2.05, 4.69) is 17.4 Å². The van der Waals surface area contributed by atoms with Crippen LogP contribution in [0.4, 0.5) is 5.69 Å². The van der Waals surface area contributed by atoms with E-state index >= 15 is 0 Å². The number of rotatable bonds is 3. The quantitative estimate of drug-likeness (QED) is 0.866. The molecule has 0 spiro atoms. The average molecular weight is 266 g/mol. The van der Waals surface area contributed by atoms with Crippen LogP contribution < -0.4 is 5.32 Å². The van der Waals surface area contributed by atoms with Crippen LogP contribution in [-0.2, 0) is 4.79 Å². The van der Waals surface area contributed by atoms with Gasteiger partial charge in [-0.05, 0) is 24.6 Å². The van der Waals surface area contributed by atoms with Crippen molar-refractivity contribution in [2.75, 3.05) is 12.4 Å². The molecule has 0 bridgehead atoms. The SMILES string of the molecule is CN1C(=O)C(C)(Nc2ccccc2)C1c1ccccc1. The summed E-state index contributed by atoms with van der Waals surface area (Å²) in [4.78, 5) is 14.1. The largest absolute Gasteiger partial charge is 0.369 e. The summed E-state index contributed by atoms with van der Waals surface area (Å²) in [5.74, 6) is 0.121. The first-order chi connectivity index (χ1) is 9.63. The maximum atomic E-state index is 12.3. The van der Waals surface area contributed by atoms with Crippen molar-refractivity contribution in [1.29, 1.82) is 0 Å². The number of carbonyl (C=O) groups is 1. The van der Waals surface area contributed by atoms with Crippen LogP contribution in [0.3, 0.4) is 0 Å². The molecule has 102 valence electrons. The van der Waals surface area contributed by atoms with E-state index in [9.17, 15) is 4.79 Å². The van der Waals surface area contributed by atoms with Gasteiger partial charge in [-0.3, -0.25) is 4.79 Å². The van der Waals surface area contributed by atoms with Crippen molar-refractivity contribution >= 4 is 11.6 Å². The first kappa shape index (κ1) is 12.7. The molecule has 1 fully saturated rings. The number of benzene rings is 2. The summed E-state index contributed by atoms with van der Waals surface area (Å²) in [6.45, 7) is 1.97. The predicted molar refractivity (Wildman–Crippen MR) is 80.4 cm³/mol. The molecule has 1 aliphatic rings. The van der Waals surface area contributed by atoms with Gasteiger partial charge in [0.2, 0.25) is 0 Å². The van der Waals surface area contributed by atoms with Crippen molar-refractivity contribution in [3.63, 3.8) is 0 Å². The summed E-state index contributed by atoms with van der Waals surface area (Å²) in [5.41, 5.74) is 1.54. The third-order valence-electron chi connectivity index (χ3n) is 3.99. The Morgan fingerprint density at radius 2 is 1.55 bits per heavy atom. The smallest absolute Gasteiger partial charge is 0.250 e. The lowest BCUT2D eigenvalue weighted by Crippen LogP contribution is -2.69. The number of hydrogen-bond donors (Lipinski definition) is 1. The van der Waals surface area contributed by atoms with E-state index in [4.69, 9.17) is 0 Å². The molecule has 0 saturated carbocycles. The second-order valence-corrected chi connectivity index (χ2v) is 5.42. The molecule has 3 heteroatoms. The van der Waals surface area contributed by atoms with Gasteiger partial charge in [-0.25, -0.2) is 0 Å². The van der Waals surface area contributed by atoms with Crippen LogP contribution in [0.15, 0.2) is 60.7 Å². The summed E-state index contributed by atoms with van der Waals surface area (Å²) < 4.78 is 0. The molecule has 20 heavy (non-hydrogen) atoms. The number of likely N-dealkylation sites (tertiary alicyclic amines) is 1. The molecule has 1 aliphatic heterocycles. The van der Waals surface area contributed by atoms with Gasteiger partial charge in [-0.15, -0.1) is 0 Å². The van der Waals surface area contributed by atoms with Crippen LogP contribution in [0.5, 0.6) is 0 Å². The van der Waals surface area contributed by atoms with Gasteiger partial charge in [0, 0.05) is 12.7 Å². The number of carbonyl (C=O) groups excluding carboxylic acids is 1. The molecule has 1 heterocycles. The van der Waals surface area contributed by atoms with Crippen molar-refractivity contribution in [3.05, 3.63) is 66.2 Å². The summed E-state index contributed by atoms with van der Waals surface area (Å²) in [7, 11) is 1.86. The summed E-state index contributed by atoms with van der Waals surface area (Å²) in [6, 6.07) is 20.1. The molecule has 2 aromatic rings. The number of para-hydroxylation sites is 1. The first-order valence-electron chi connectivity index (χ1n) is 6.78. The summed E-state index contributed by atoms with van der Waals surface area (Å²) in [6.07, 6.45) is 0. The zero-order valence-corrected chi connectivity index (χ0v) is 11.7. The maximum Gasteiger partial charge on any atom is 0.250 e. The van der Waals surface area contributed by atoms with Crippen molar-refractivity contribution in [2.45, 2.75) is 18.5 Å². The van der Waals surface area contributed by atoms with Gasteiger partial charge in [-0.1, -0.05) is 48.5 Å². The normalized spacial score (nSPS) is 25.2. The molecule has 2 unspecified atom stereocenters. The minimum Gasteiger partial charge on any atom is -0.369 e. The fourth-order valence-corrected chi connectivity index (χ4v) is 3.06. The van der Waals surface area contributed by atoms with E-state index in [-0.39, 0.29) is 11.9 Å². The fourth-order valence-electron chi connectivity index (χ4n) is 3.06. The van der Waals surface area contributed by atoms with E-state index in [0.29, 0.717) is 0 Å². The van der Waals surface area contributed by atoms with Crippen LogP contribution in [0.2, 0.25) is 0 Å². The Kier molecular flexibility index (Phi) is 2.97. The Morgan fingerprint density at radius 1 is 1.00 bits per heavy atom. The summed E-state index contributed by atoms with van der Waals surface area (Å²) in [5, 5.41) is 3.39. The van der Waals surface area contributed by atoms with Crippen LogP contribution in [0.25, 0.3) is 0 Å². The molecule has 0 radical (unpaired) electrons. The zero-order valence-electron chi connectivity index (χ0n) is 11.7. The molecule has 3 rings (SSSR count). The molecule has 0 aromatic heterocycles. The van der Waals surface area contributed by atoms with E-state index < -0.39 is 5.54 Å². The van der Waals surface area contributed by atoms with Crippen LogP contribution in [-0.4, -0.2) is 23.4 Å². The van der Waals surface area contributed by atoms with Gasteiger partial charge in [0.15, 0.2) is 0 Å². The minimum absolute atomic E-state index is 0.0522. The molecule has 3 nitrogen and oxygen atoms in total. The lowest BCUT2D eigenvalue weighted by molar-refractivity contribution is -0.153. The van der Waals surface area contributed by atoms with Gasteiger partial charge < -0.3 is 10.2 Å². The lowest BCUT2D eigenvalue weighted by atomic mass is 9.76. The van der Waals surface area contributed by atoms with E-state index in [0.717, 1.165) is 11.3 Å². The van der Waals surface area contributed by atoms with E-state index in [1.165, 1.54) is 0 Å². The molecule has 1 saturated heterocycles. The second kappa shape index (κ2) is 4.67. The van der Waals surface area contributed by atoms with Gasteiger partial charge >= 0.3 is 0 Å². The second-order valence-electron chi connectivity index (χ2n) is 5.42. The number of likely N-dealkylation sites (N-methyl/N-ethyl adjacent to an activating group) is 1. The Balaban J connectivity index is 1.92. The van der Waals surface area contributed by atoms with Crippen molar-refractivity contribution in [3.8, 4) is 0 Å². The van der Waals surface area contributed by atoms with Gasteiger partial charge in [-0.2, -0.15) is 0 Å². The Hall–Kier alpha value is -2.29. The fraction of sp³-hybridized carbons (Fsp3) is 0.235. The Labute approximate surface area is 119 Å². The molecule has 1 amide bonds. The maximum absolute atomic E-state index is 12.3. The zero-order chi connectivity index (χ0) is 14.2. The highest BCUT2D eigenvalue weighted by molar-refractivity contribution is 5.96. The van der Waals surface area contributed by atoms with Crippen molar-refractivity contribution in [2.24, 2.45) is 0 Å². The Morgan fingerprint density at radius 3 is 2.15 bits per heavy atom. The number of β-lactam (4-membered cyclic amide) rings is 1. The minimum atomic E-state index is -0.586. The van der Waals surface area contributed by atoms with Gasteiger partial charge in [0.05, 0.1) is 6.04 Å². The topological polar surface area (TPSA) is 32.3 Å². The molecule has 2 aromatic carbocycles. The number of anilines is 1. The van der Waals surface area contributed by atoms with Crippen LogP contribution in [0.1, 0.15) is 18.5 Å². The molecule has 1 N–H and O–H groups in total.